The molecule has 0 aromatic heterocycles. The molecular weight excluding hydrogens is 833 g/mol. The Hall–Kier alpha value is -6.82. The molecule has 5 aromatic rings. The number of hydrogen-bond acceptors (Lipinski definition) is 8. The lowest BCUT2D eigenvalue weighted by molar-refractivity contribution is -0.118. The van der Waals surface area contributed by atoms with Crippen LogP contribution in [0.2, 0.25) is 0 Å². The quantitative estimate of drug-likeness (QED) is 0.0949. The van der Waals surface area contributed by atoms with Gasteiger partial charge in [-0.1, -0.05) is 70.2 Å². The third kappa shape index (κ3) is 11.2. The summed E-state index contributed by atoms with van der Waals surface area (Å²) in [6, 6.07) is 24.3. The first-order chi connectivity index (χ1) is 32.0. The van der Waals surface area contributed by atoms with Crippen LogP contribution in [0.25, 0.3) is 0 Å². The molecule has 346 valence electrons. The number of fused-ring (bicyclic) bond motifs is 8. The number of anilines is 2. The second kappa shape index (κ2) is 21.9. The van der Waals surface area contributed by atoms with Gasteiger partial charge in [0.05, 0.1) is 26.4 Å². The minimum atomic E-state index is -0.961. The molecule has 2 aliphatic heterocycles. The van der Waals surface area contributed by atoms with Crippen molar-refractivity contribution in [3.05, 3.63) is 141 Å². The lowest BCUT2D eigenvalue weighted by atomic mass is 9.90. The van der Waals surface area contributed by atoms with Crippen LogP contribution in [0.1, 0.15) is 132 Å². The van der Waals surface area contributed by atoms with E-state index in [4.69, 9.17) is 18.9 Å². The fourth-order valence-corrected chi connectivity index (χ4v) is 8.38. The summed E-state index contributed by atoms with van der Waals surface area (Å²) in [7, 11) is 0. The smallest absolute Gasteiger partial charge is 0.251 e. The second-order valence-corrected chi connectivity index (χ2v) is 17.1. The van der Waals surface area contributed by atoms with E-state index in [1.165, 1.54) is 6.07 Å². The standard InChI is InChI=1S/C54H62N4O8/c1-7-20-63-47-35-14-11-15-36(47)25-42-30-46-32-44(50(42)66-23-10-4)27-38-17-12-16-37(48(38)64-21-8-2)26-43-31-45(29-41(24-35)49(43)65-22-9-3)57-51(59)33(5)55-53(61)39-18-13-19-40(28-39)54(62)56-34(6)52(60)58-46/h11-19,28-34H,7-10,20-27H2,1-6H3,(H,55,61)(H,56,62)(H,57,59)(H,58,60)/t33-,34-/m0/s1. The Kier molecular flexibility index (Phi) is 15.7. The Morgan fingerprint density at radius 3 is 1.02 bits per heavy atom. The van der Waals surface area contributed by atoms with Gasteiger partial charge in [0.15, 0.2) is 0 Å². The minimum absolute atomic E-state index is 0.183. The first kappa shape index (κ1) is 47.2. The lowest BCUT2D eigenvalue weighted by Crippen LogP contribution is -2.42. The third-order valence-corrected chi connectivity index (χ3v) is 11.6. The molecule has 12 nitrogen and oxygen atoms in total. The molecule has 2 heterocycles. The van der Waals surface area contributed by atoms with E-state index in [0.717, 1.165) is 93.2 Å². The Morgan fingerprint density at radius 2 is 0.712 bits per heavy atom. The van der Waals surface area contributed by atoms with Crippen LogP contribution in [-0.4, -0.2) is 62.1 Å². The summed E-state index contributed by atoms with van der Waals surface area (Å²) >= 11 is 0. The molecule has 0 radical (unpaired) electrons. The Labute approximate surface area is 388 Å². The van der Waals surface area contributed by atoms with Crippen molar-refractivity contribution in [3.8, 4) is 23.0 Å². The number of para-hydroxylation sites is 2. The average Bonchev–Trinajstić information content (AvgIpc) is 3.30. The first-order valence-corrected chi connectivity index (χ1v) is 23.4. The van der Waals surface area contributed by atoms with Gasteiger partial charge in [-0.2, -0.15) is 0 Å². The summed E-state index contributed by atoms with van der Waals surface area (Å²) in [5, 5.41) is 11.8. The largest absolute Gasteiger partial charge is 0.493 e. The van der Waals surface area contributed by atoms with Crippen LogP contribution in [-0.2, 0) is 35.3 Å². The highest BCUT2D eigenvalue weighted by Gasteiger charge is 2.26. The van der Waals surface area contributed by atoms with Crippen LogP contribution in [0, 0.1) is 0 Å². The van der Waals surface area contributed by atoms with Crippen LogP contribution in [0.3, 0.4) is 0 Å². The van der Waals surface area contributed by atoms with Gasteiger partial charge < -0.3 is 40.2 Å². The molecule has 8 rings (SSSR count). The molecule has 2 atom stereocenters. The maximum Gasteiger partial charge on any atom is 0.251 e. The number of hydrogen-bond donors (Lipinski definition) is 4. The van der Waals surface area contributed by atoms with Crippen LogP contribution in [0.15, 0.2) is 84.9 Å². The molecule has 3 aliphatic rings. The molecule has 12 heteroatoms. The van der Waals surface area contributed by atoms with Gasteiger partial charge in [0, 0.05) is 70.4 Å². The van der Waals surface area contributed by atoms with Crippen molar-refractivity contribution >= 4 is 35.0 Å². The maximum absolute atomic E-state index is 14.1. The predicted octanol–water partition coefficient (Wildman–Crippen LogP) is 9.35. The van der Waals surface area contributed by atoms with Crippen LogP contribution >= 0.6 is 0 Å². The number of amides is 4. The van der Waals surface area contributed by atoms with E-state index in [1.807, 2.05) is 36.4 Å². The lowest BCUT2D eigenvalue weighted by Gasteiger charge is -2.24. The summed E-state index contributed by atoms with van der Waals surface area (Å²) in [5.74, 6) is 0.992. The molecule has 0 saturated carbocycles. The van der Waals surface area contributed by atoms with E-state index in [-0.39, 0.29) is 11.1 Å². The number of benzene rings is 5. The molecule has 12 bridgehead atoms. The van der Waals surface area contributed by atoms with Crippen LogP contribution < -0.4 is 40.2 Å². The zero-order chi connectivity index (χ0) is 46.7. The highest BCUT2D eigenvalue weighted by molar-refractivity contribution is 6.04. The number of ether oxygens (including phenoxy) is 4. The monoisotopic (exact) mass is 894 g/mol. The normalized spacial score (nSPS) is 16.3. The molecule has 0 spiro atoms. The Balaban J connectivity index is 1.52. The number of rotatable bonds is 12. The molecular formula is C54H62N4O8. The number of carbonyl (C=O) groups excluding carboxylic acids is 4. The van der Waals surface area contributed by atoms with E-state index in [2.05, 4.69) is 73.2 Å². The van der Waals surface area contributed by atoms with E-state index in [0.29, 0.717) is 63.5 Å². The van der Waals surface area contributed by atoms with Gasteiger partial charge in [-0.25, -0.2) is 0 Å². The van der Waals surface area contributed by atoms with Crippen molar-refractivity contribution in [2.45, 2.75) is 105 Å². The Morgan fingerprint density at radius 1 is 0.424 bits per heavy atom. The fourth-order valence-electron chi connectivity index (χ4n) is 8.38. The molecule has 4 amide bonds. The van der Waals surface area contributed by atoms with Crippen molar-refractivity contribution in [1.82, 2.24) is 10.6 Å². The number of nitrogens with one attached hydrogen (secondary N) is 4. The van der Waals surface area contributed by atoms with Gasteiger partial charge >= 0.3 is 0 Å². The van der Waals surface area contributed by atoms with E-state index in [1.54, 1.807) is 32.0 Å². The summed E-state index contributed by atoms with van der Waals surface area (Å²) in [6.07, 6.45) is 4.78. The van der Waals surface area contributed by atoms with E-state index in [9.17, 15) is 19.2 Å². The average molecular weight is 895 g/mol. The van der Waals surface area contributed by atoms with Gasteiger partial charge in [-0.3, -0.25) is 19.2 Å². The van der Waals surface area contributed by atoms with E-state index < -0.39 is 35.7 Å². The molecule has 0 fully saturated rings. The van der Waals surface area contributed by atoms with Crippen molar-refractivity contribution in [3.63, 3.8) is 0 Å². The van der Waals surface area contributed by atoms with E-state index >= 15 is 0 Å². The van der Waals surface area contributed by atoms with Gasteiger partial charge in [0.2, 0.25) is 11.8 Å². The highest BCUT2D eigenvalue weighted by atomic mass is 16.5. The molecule has 5 aromatic carbocycles. The zero-order valence-corrected chi connectivity index (χ0v) is 39.0. The zero-order valence-electron chi connectivity index (χ0n) is 39.0. The summed E-state index contributed by atoms with van der Waals surface area (Å²) in [6.45, 7) is 13.4. The third-order valence-electron chi connectivity index (χ3n) is 11.6. The topological polar surface area (TPSA) is 153 Å². The van der Waals surface area contributed by atoms with Crippen molar-refractivity contribution < 1.29 is 38.1 Å². The fraction of sp³-hybridized carbons (Fsp3) is 0.370. The van der Waals surface area contributed by atoms with Gasteiger partial charge in [-0.15, -0.1) is 0 Å². The Bertz CT molecular complexity index is 2320. The van der Waals surface area contributed by atoms with Crippen molar-refractivity contribution in [1.29, 1.82) is 0 Å². The molecule has 66 heavy (non-hydrogen) atoms. The molecule has 4 N–H and O–H groups in total. The predicted molar refractivity (Wildman–Crippen MR) is 258 cm³/mol. The molecule has 1 aliphatic carbocycles. The summed E-state index contributed by atoms with van der Waals surface area (Å²) < 4.78 is 26.8. The van der Waals surface area contributed by atoms with Crippen molar-refractivity contribution in [2.75, 3.05) is 37.1 Å². The summed E-state index contributed by atoms with van der Waals surface area (Å²) in [4.78, 5) is 55.3. The SMILES string of the molecule is CCCOc1c2cccc1Cc1cc3cc(c1OCCC)Cc1cccc(c1OCCC)Cc1cc(cc(c1OCCC)C2)NC(=O)[C@H](C)NC(=O)c1cccc(c1)C(=O)N[C@@H](C)C(=O)N3. The van der Waals surface area contributed by atoms with Gasteiger partial charge in [-0.05, 0) is 104 Å². The number of carbonyl (C=O) groups is 4. The molecule has 0 unspecified atom stereocenters. The van der Waals surface area contributed by atoms with Crippen LogP contribution in [0.4, 0.5) is 11.4 Å². The first-order valence-electron chi connectivity index (χ1n) is 23.4. The van der Waals surface area contributed by atoms with Crippen molar-refractivity contribution in [2.24, 2.45) is 0 Å². The van der Waals surface area contributed by atoms with Gasteiger partial charge in [0.1, 0.15) is 35.1 Å². The van der Waals surface area contributed by atoms with Crippen LogP contribution in [0.5, 0.6) is 23.0 Å². The second-order valence-electron chi connectivity index (χ2n) is 17.1. The summed E-state index contributed by atoms with van der Waals surface area (Å²) in [5.41, 5.74) is 8.57. The molecule has 0 saturated heterocycles. The maximum atomic E-state index is 14.1. The highest BCUT2D eigenvalue weighted by Crippen LogP contribution is 2.41. The van der Waals surface area contributed by atoms with Gasteiger partial charge in [0.25, 0.3) is 11.8 Å². The minimum Gasteiger partial charge on any atom is -0.493 e.